The Balaban J connectivity index is 1.84. The third-order valence-electron chi connectivity index (χ3n) is 3.21. The fourth-order valence-corrected chi connectivity index (χ4v) is 2.34. The first-order valence-electron chi connectivity index (χ1n) is 6.55. The maximum atomic E-state index is 11.8. The van der Waals surface area contributed by atoms with Gasteiger partial charge >= 0.3 is 0 Å². The van der Waals surface area contributed by atoms with Gasteiger partial charge in [-0.1, -0.05) is 11.6 Å². The van der Waals surface area contributed by atoms with Gasteiger partial charge in [-0.25, -0.2) is 0 Å². The SMILES string of the molecule is O=C(CN1CCCC(O)C1)NC(=O)c1ccc(Cl)cc1. The summed E-state index contributed by atoms with van der Waals surface area (Å²) in [5, 5.41) is 12.4. The first-order valence-corrected chi connectivity index (χ1v) is 6.92. The molecule has 2 N–H and O–H groups in total. The second-order valence-electron chi connectivity index (χ2n) is 4.92. The summed E-state index contributed by atoms with van der Waals surface area (Å²) in [6.07, 6.45) is 1.24. The highest BCUT2D eigenvalue weighted by atomic mass is 35.5. The van der Waals surface area contributed by atoms with Crippen LogP contribution < -0.4 is 5.32 Å². The molecule has 108 valence electrons. The van der Waals surface area contributed by atoms with Crippen molar-refractivity contribution in [2.45, 2.75) is 18.9 Å². The fourth-order valence-electron chi connectivity index (χ4n) is 2.22. The number of piperidine rings is 1. The lowest BCUT2D eigenvalue weighted by atomic mass is 10.1. The molecule has 5 nitrogen and oxygen atoms in total. The summed E-state index contributed by atoms with van der Waals surface area (Å²) in [6.45, 7) is 1.36. The standard InChI is InChI=1S/C14H17ClN2O3/c15-11-5-3-10(4-6-11)14(20)16-13(19)9-17-7-1-2-12(18)8-17/h3-6,12,18H,1-2,7-9H2,(H,16,19,20). The average molecular weight is 297 g/mol. The van der Waals surface area contributed by atoms with Crippen LogP contribution in [0, 0.1) is 0 Å². The minimum atomic E-state index is -0.441. The van der Waals surface area contributed by atoms with E-state index in [9.17, 15) is 14.7 Å². The minimum absolute atomic E-state index is 0.121. The van der Waals surface area contributed by atoms with Crippen molar-refractivity contribution >= 4 is 23.4 Å². The number of β-amino-alcohol motifs (C(OH)–C–C–N with tert-alkyl or cyclic N) is 1. The van der Waals surface area contributed by atoms with E-state index in [1.807, 2.05) is 4.90 Å². The van der Waals surface area contributed by atoms with Crippen molar-refractivity contribution < 1.29 is 14.7 Å². The van der Waals surface area contributed by atoms with E-state index in [-0.39, 0.29) is 18.6 Å². The van der Waals surface area contributed by atoms with E-state index in [1.165, 1.54) is 0 Å². The van der Waals surface area contributed by atoms with Crippen LogP contribution in [0.15, 0.2) is 24.3 Å². The Hall–Kier alpha value is -1.43. The molecular formula is C14H17ClN2O3. The van der Waals surface area contributed by atoms with E-state index in [4.69, 9.17) is 11.6 Å². The molecule has 0 aliphatic carbocycles. The van der Waals surface area contributed by atoms with E-state index in [1.54, 1.807) is 24.3 Å². The summed E-state index contributed by atoms with van der Waals surface area (Å²) in [5.41, 5.74) is 0.390. The van der Waals surface area contributed by atoms with Crippen LogP contribution in [0.1, 0.15) is 23.2 Å². The number of aliphatic hydroxyl groups is 1. The number of carbonyl (C=O) groups is 2. The summed E-state index contributed by atoms with van der Waals surface area (Å²) in [4.78, 5) is 25.5. The van der Waals surface area contributed by atoms with E-state index in [0.717, 1.165) is 19.4 Å². The van der Waals surface area contributed by atoms with Crippen LogP contribution in [-0.4, -0.2) is 47.6 Å². The molecule has 0 aromatic heterocycles. The fraction of sp³-hybridized carbons (Fsp3) is 0.429. The lowest BCUT2D eigenvalue weighted by molar-refractivity contribution is -0.121. The highest BCUT2D eigenvalue weighted by Gasteiger charge is 2.20. The Bertz CT molecular complexity index is 490. The summed E-state index contributed by atoms with van der Waals surface area (Å²) in [5.74, 6) is -0.803. The zero-order chi connectivity index (χ0) is 14.5. The number of nitrogens with zero attached hydrogens (tertiary/aromatic N) is 1. The van der Waals surface area contributed by atoms with Crippen LogP contribution in [0.2, 0.25) is 5.02 Å². The molecule has 0 spiro atoms. The first kappa shape index (κ1) is 15.0. The second kappa shape index (κ2) is 6.83. The predicted molar refractivity (Wildman–Crippen MR) is 75.6 cm³/mol. The summed E-state index contributed by atoms with van der Waals surface area (Å²) in [6, 6.07) is 6.33. The van der Waals surface area contributed by atoms with Crippen LogP contribution >= 0.6 is 11.6 Å². The largest absolute Gasteiger partial charge is 0.392 e. The Kier molecular flexibility index (Phi) is 5.11. The molecule has 1 fully saturated rings. The quantitative estimate of drug-likeness (QED) is 0.875. The lowest BCUT2D eigenvalue weighted by Gasteiger charge is -2.29. The van der Waals surface area contributed by atoms with Crippen molar-refractivity contribution in [3.8, 4) is 0 Å². The number of nitrogens with one attached hydrogen (secondary N) is 1. The molecule has 2 rings (SSSR count). The normalized spacial score (nSPS) is 19.6. The molecule has 1 aromatic carbocycles. The lowest BCUT2D eigenvalue weighted by Crippen LogP contribution is -2.45. The number of hydrogen-bond acceptors (Lipinski definition) is 4. The van der Waals surface area contributed by atoms with Gasteiger partial charge in [0.1, 0.15) is 0 Å². The number of hydrogen-bond donors (Lipinski definition) is 2. The second-order valence-corrected chi connectivity index (χ2v) is 5.35. The molecule has 1 heterocycles. The molecule has 0 radical (unpaired) electrons. The first-order chi connectivity index (χ1) is 9.54. The molecule has 1 unspecified atom stereocenters. The molecular weight excluding hydrogens is 280 g/mol. The highest BCUT2D eigenvalue weighted by Crippen LogP contribution is 2.10. The molecule has 1 aliphatic heterocycles. The third-order valence-corrected chi connectivity index (χ3v) is 3.46. The Morgan fingerprint density at radius 3 is 2.70 bits per heavy atom. The molecule has 0 saturated carbocycles. The third kappa shape index (κ3) is 4.30. The van der Waals surface area contributed by atoms with Gasteiger partial charge in [0.2, 0.25) is 5.91 Å². The maximum Gasteiger partial charge on any atom is 0.257 e. The molecule has 20 heavy (non-hydrogen) atoms. The Morgan fingerprint density at radius 1 is 1.35 bits per heavy atom. The monoisotopic (exact) mass is 296 g/mol. The number of imide groups is 1. The van der Waals surface area contributed by atoms with Gasteiger partial charge in [-0.05, 0) is 43.7 Å². The summed E-state index contributed by atoms with van der Waals surface area (Å²) >= 11 is 5.74. The van der Waals surface area contributed by atoms with Crippen LogP contribution in [0.5, 0.6) is 0 Å². The molecule has 2 amide bonds. The average Bonchev–Trinajstić information content (AvgIpc) is 2.39. The number of aliphatic hydroxyl groups excluding tert-OH is 1. The molecule has 0 bridgehead atoms. The molecule has 1 aromatic rings. The van der Waals surface area contributed by atoms with Gasteiger partial charge in [-0.2, -0.15) is 0 Å². The number of rotatable bonds is 3. The van der Waals surface area contributed by atoms with Gasteiger partial charge < -0.3 is 5.11 Å². The van der Waals surface area contributed by atoms with Gasteiger partial charge in [-0.15, -0.1) is 0 Å². The number of benzene rings is 1. The van der Waals surface area contributed by atoms with Crippen LogP contribution in [0.4, 0.5) is 0 Å². The molecule has 6 heteroatoms. The predicted octanol–water partition coefficient (Wildman–Crippen LogP) is 1.05. The molecule has 1 saturated heterocycles. The minimum Gasteiger partial charge on any atom is -0.392 e. The van der Waals surface area contributed by atoms with Gasteiger partial charge in [0.25, 0.3) is 5.91 Å². The van der Waals surface area contributed by atoms with Crippen molar-refractivity contribution in [1.82, 2.24) is 10.2 Å². The van der Waals surface area contributed by atoms with Crippen molar-refractivity contribution in [2.24, 2.45) is 0 Å². The highest BCUT2D eigenvalue weighted by molar-refractivity contribution is 6.30. The van der Waals surface area contributed by atoms with Crippen molar-refractivity contribution in [1.29, 1.82) is 0 Å². The summed E-state index contributed by atoms with van der Waals surface area (Å²) in [7, 11) is 0. The molecule has 1 aliphatic rings. The van der Waals surface area contributed by atoms with Gasteiger partial charge in [0.15, 0.2) is 0 Å². The topological polar surface area (TPSA) is 69.6 Å². The van der Waals surface area contributed by atoms with Crippen molar-refractivity contribution in [3.63, 3.8) is 0 Å². The number of halogens is 1. The van der Waals surface area contributed by atoms with E-state index in [0.29, 0.717) is 17.1 Å². The van der Waals surface area contributed by atoms with Crippen LogP contribution in [0.25, 0.3) is 0 Å². The van der Waals surface area contributed by atoms with E-state index < -0.39 is 5.91 Å². The number of amides is 2. The van der Waals surface area contributed by atoms with E-state index in [2.05, 4.69) is 5.32 Å². The number of likely N-dealkylation sites (tertiary alicyclic amines) is 1. The van der Waals surface area contributed by atoms with Gasteiger partial charge in [0.05, 0.1) is 12.6 Å². The Morgan fingerprint density at radius 2 is 2.05 bits per heavy atom. The van der Waals surface area contributed by atoms with Gasteiger partial charge in [-0.3, -0.25) is 19.8 Å². The smallest absolute Gasteiger partial charge is 0.257 e. The zero-order valence-corrected chi connectivity index (χ0v) is 11.8. The van der Waals surface area contributed by atoms with Crippen LogP contribution in [-0.2, 0) is 4.79 Å². The van der Waals surface area contributed by atoms with E-state index >= 15 is 0 Å². The van der Waals surface area contributed by atoms with Crippen LogP contribution in [0.3, 0.4) is 0 Å². The summed E-state index contributed by atoms with van der Waals surface area (Å²) < 4.78 is 0. The zero-order valence-electron chi connectivity index (χ0n) is 11.0. The number of carbonyl (C=O) groups excluding carboxylic acids is 2. The van der Waals surface area contributed by atoms with Gasteiger partial charge in [0, 0.05) is 17.1 Å². The Labute approximate surface area is 122 Å². The van der Waals surface area contributed by atoms with Crippen molar-refractivity contribution in [2.75, 3.05) is 19.6 Å². The molecule has 1 atom stereocenters. The maximum absolute atomic E-state index is 11.8. The van der Waals surface area contributed by atoms with Crippen molar-refractivity contribution in [3.05, 3.63) is 34.9 Å².